The molecule has 272 valence electrons. The Hall–Kier alpha value is -3.80. The molecule has 1 saturated heterocycles. The van der Waals surface area contributed by atoms with Crippen LogP contribution in [0, 0.1) is 0 Å². The molecular weight excluding hydrogens is 646 g/mol. The molecule has 3 N–H and O–H groups in total. The highest BCUT2D eigenvalue weighted by Crippen LogP contribution is 2.30. The van der Waals surface area contributed by atoms with Crippen LogP contribution in [0.25, 0.3) is 0 Å². The highest BCUT2D eigenvalue weighted by molar-refractivity contribution is 7.89. The first-order chi connectivity index (χ1) is 23.7. The van der Waals surface area contributed by atoms with Gasteiger partial charge in [-0.05, 0) is 62.1 Å². The predicted molar refractivity (Wildman–Crippen MR) is 191 cm³/mol. The second-order valence-corrected chi connectivity index (χ2v) is 14.4. The van der Waals surface area contributed by atoms with Crippen molar-refractivity contribution in [2.45, 2.75) is 121 Å². The zero-order valence-corrected chi connectivity index (χ0v) is 30.1. The monoisotopic (exact) mass is 701 g/mol. The van der Waals surface area contributed by atoms with E-state index in [4.69, 9.17) is 9.47 Å². The molecule has 3 rings (SSSR count). The van der Waals surface area contributed by atoms with Crippen LogP contribution in [-0.4, -0.2) is 68.1 Å². The highest BCUT2D eigenvalue weighted by atomic mass is 32.2. The zero-order chi connectivity index (χ0) is 35.5. The van der Waals surface area contributed by atoms with Gasteiger partial charge < -0.3 is 24.6 Å². The van der Waals surface area contributed by atoms with Crippen molar-refractivity contribution in [3.8, 4) is 11.5 Å². The summed E-state index contributed by atoms with van der Waals surface area (Å²) in [6.07, 6.45) is 20.9. The van der Waals surface area contributed by atoms with Crippen LogP contribution in [0.4, 0.5) is 0 Å². The van der Waals surface area contributed by atoms with E-state index in [-0.39, 0.29) is 0 Å². The number of likely N-dealkylation sites (tertiary alicyclic amines) is 1. The van der Waals surface area contributed by atoms with Gasteiger partial charge in [-0.15, -0.1) is 5.10 Å². The lowest BCUT2D eigenvalue weighted by Gasteiger charge is -2.30. The first-order valence-corrected chi connectivity index (χ1v) is 19.4. The number of nitrogens with zero attached hydrogens (tertiary/aromatic N) is 2. The maximum atomic E-state index is 13.2. The van der Waals surface area contributed by atoms with E-state index in [2.05, 4.69) is 16.9 Å². The number of rotatable bonds is 23. The molecule has 0 aliphatic carbocycles. The smallest absolute Gasteiger partial charge is 0.335 e. The molecule has 0 spiro atoms. The fraction of sp³-hybridized carbons (Fsp3) is 0.595. The van der Waals surface area contributed by atoms with Crippen LogP contribution < -0.4 is 14.3 Å². The van der Waals surface area contributed by atoms with Crippen molar-refractivity contribution in [1.82, 2.24) is 9.73 Å². The molecule has 1 heterocycles. The number of methoxy groups -OCH3 is 1. The summed E-state index contributed by atoms with van der Waals surface area (Å²) in [6.45, 7) is 4.15. The number of carboxylic acids is 2. The predicted octanol–water partition coefficient (Wildman–Crippen LogP) is 8.08. The summed E-state index contributed by atoms with van der Waals surface area (Å²) in [7, 11) is -2.87. The molecule has 1 aliphatic heterocycles. The van der Waals surface area contributed by atoms with Gasteiger partial charge >= 0.3 is 11.9 Å². The largest absolute Gasteiger partial charge is 0.493 e. The Kier molecular flexibility index (Phi) is 17.2. The van der Waals surface area contributed by atoms with Crippen molar-refractivity contribution in [1.29, 1.82) is 0 Å². The number of hydrazone groups is 1. The van der Waals surface area contributed by atoms with E-state index >= 15 is 0 Å². The molecule has 11 nitrogen and oxygen atoms in total. The minimum Gasteiger partial charge on any atom is -0.493 e. The van der Waals surface area contributed by atoms with Crippen molar-refractivity contribution in [3.63, 3.8) is 0 Å². The van der Waals surface area contributed by atoms with Gasteiger partial charge in [0.2, 0.25) is 0 Å². The van der Waals surface area contributed by atoms with E-state index in [1.807, 2.05) is 4.90 Å². The lowest BCUT2D eigenvalue weighted by molar-refractivity contribution is 0.0696. The molecule has 0 unspecified atom stereocenters. The fourth-order valence-corrected chi connectivity index (χ4v) is 6.86. The Morgan fingerprint density at radius 1 is 0.735 bits per heavy atom. The van der Waals surface area contributed by atoms with Gasteiger partial charge in [0.25, 0.3) is 10.0 Å². The van der Waals surface area contributed by atoms with Gasteiger partial charge in [-0.1, -0.05) is 90.4 Å². The van der Waals surface area contributed by atoms with Crippen LogP contribution >= 0.6 is 0 Å². The topological polar surface area (TPSA) is 155 Å². The molecule has 2 aromatic carbocycles. The molecule has 1 aliphatic rings. The summed E-state index contributed by atoms with van der Waals surface area (Å²) in [5, 5.41) is 23.1. The third kappa shape index (κ3) is 13.6. The van der Waals surface area contributed by atoms with E-state index in [9.17, 15) is 28.2 Å². The standard InChI is InChI=1S/C37H55N3O8S/c1-3-4-5-6-7-8-9-10-11-12-13-14-15-19-24-48-33-21-20-29(28-34(33)47-2)35(40-22-17-16-18-23-40)38-39-49(45,46)32-26-30(36(41)42)25-31(27-32)37(43)44/h20-21,25-28,39H,3-19,22-24H2,1-2H3,(H,41,42)(H,43,44)/b38-35-. The molecule has 0 saturated carbocycles. The SMILES string of the molecule is CCCCCCCCCCCCCCCCOc1ccc(/C(=N/NS(=O)(=O)c2cc(C(=O)O)cc(C(=O)O)c2)N2CCCCC2)cc1OC. The van der Waals surface area contributed by atoms with Gasteiger partial charge in [-0.3, -0.25) is 0 Å². The van der Waals surface area contributed by atoms with Gasteiger partial charge in [-0.2, -0.15) is 13.2 Å². The quantitative estimate of drug-likeness (QED) is 0.0451. The summed E-state index contributed by atoms with van der Waals surface area (Å²) in [6, 6.07) is 8.07. The van der Waals surface area contributed by atoms with E-state index < -0.39 is 38.0 Å². The summed E-state index contributed by atoms with van der Waals surface area (Å²) >= 11 is 0. The number of piperidine rings is 1. The van der Waals surface area contributed by atoms with Crippen LogP contribution in [0.3, 0.4) is 0 Å². The molecule has 1 fully saturated rings. The van der Waals surface area contributed by atoms with Gasteiger partial charge in [0, 0.05) is 18.7 Å². The summed E-state index contributed by atoms with van der Waals surface area (Å²) in [4.78, 5) is 26.7. The van der Waals surface area contributed by atoms with Crippen LogP contribution in [0.5, 0.6) is 11.5 Å². The highest BCUT2D eigenvalue weighted by Gasteiger charge is 2.23. The Morgan fingerprint density at radius 2 is 1.27 bits per heavy atom. The maximum Gasteiger partial charge on any atom is 0.335 e. The number of ether oxygens (including phenoxy) is 2. The summed E-state index contributed by atoms with van der Waals surface area (Å²) in [5.41, 5.74) is -0.319. The molecule has 2 aromatic rings. The minimum absolute atomic E-state index is 0.368. The second-order valence-electron chi connectivity index (χ2n) is 12.7. The third-order valence-corrected chi connectivity index (χ3v) is 10.0. The van der Waals surface area contributed by atoms with Crippen molar-refractivity contribution in [2.24, 2.45) is 5.10 Å². The first kappa shape index (κ1) is 39.6. The minimum atomic E-state index is -4.42. The maximum absolute atomic E-state index is 13.2. The normalized spacial score (nSPS) is 13.7. The van der Waals surface area contributed by atoms with Crippen LogP contribution in [-0.2, 0) is 10.0 Å². The van der Waals surface area contributed by atoms with Gasteiger partial charge in [0.05, 0.1) is 29.7 Å². The van der Waals surface area contributed by atoms with E-state index in [1.165, 1.54) is 77.0 Å². The Morgan fingerprint density at radius 3 is 1.78 bits per heavy atom. The molecular formula is C37H55N3O8S. The molecule has 0 bridgehead atoms. The van der Waals surface area contributed by atoms with Crippen molar-refractivity contribution < 1.29 is 37.7 Å². The van der Waals surface area contributed by atoms with E-state index in [0.717, 1.165) is 50.3 Å². The van der Waals surface area contributed by atoms with Gasteiger partial charge in [0.15, 0.2) is 17.3 Å². The number of carboxylic acid groups (broad SMARTS) is 2. The van der Waals surface area contributed by atoms with Crippen molar-refractivity contribution in [3.05, 3.63) is 53.1 Å². The number of sulfonamides is 1. The molecule has 49 heavy (non-hydrogen) atoms. The van der Waals surface area contributed by atoms with Gasteiger partial charge in [0.1, 0.15) is 0 Å². The zero-order valence-electron chi connectivity index (χ0n) is 29.3. The fourth-order valence-electron chi connectivity index (χ4n) is 5.99. The number of unbranched alkanes of at least 4 members (excludes halogenated alkanes) is 13. The number of benzene rings is 2. The van der Waals surface area contributed by atoms with Crippen molar-refractivity contribution >= 4 is 27.8 Å². The number of aromatic carboxylic acids is 2. The van der Waals surface area contributed by atoms with Gasteiger partial charge in [-0.25, -0.2) is 9.59 Å². The molecule has 0 atom stereocenters. The Balaban J connectivity index is 1.57. The summed E-state index contributed by atoms with van der Waals surface area (Å²) < 4.78 is 38.2. The third-order valence-electron chi connectivity index (χ3n) is 8.82. The molecule has 0 radical (unpaired) electrons. The number of carbonyl (C=O) groups is 2. The second kappa shape index (κ2) is 21.3. The average Bonchev–Trinajstić information content (AvgIpc) is 3.10. The van der Waals surface area contributed by atoms with E-state index in [0.29, 0.717) is 42.6 Å². The van der Waals surface area contributed by atoms with E-state index in [1.54, 1.807) is 25.3 Å². The lowest BCUT2D eigenvalue weighted by atomic mass is 10.0. The molecule has 12 heteroatoms. The summed E-state index contributed by atoms with van der Waals surface area (Å²) in [5.74, 6) is -1.44. The average molecular weight is 702 g/mol. The molecule has 0 aromatic heterocycles. The van der Waals surface area contributed by atoms with Crippen molar-refractivity contribution in [2.75, 3.05) is 26.8 Å². The lowest BCUT2D eigenvalue weighted by Crippen LogP contribution is -2.38. The van der Waals surface area contributed by atoms with Crippen LogP contribution in [0.2, 0.25) is 0 Å². The Labute approximate surface area is 292 Å². The number of hydrogen-bond acceptors (Lipinski definition) is 7. The number of nitrogens with one attached hydrogen (secondary N) is 1. The molecule has 0 amide bonds. The van der Waals surface area contributed by atoms with Crippen LogP contribution in [0.1, 0.15) is 142 Å². The number of amidine groups is 1. The number of hydrogen-bond donors (Lipinski definition) is 3. The van der Waals surface area contributed by atoms with Crippen LogP contribution in [0.15, 0.2) is 46.4 Å². The first-order valence-electron chi connectivity index (χ1n) is 17.9. The Bertz CT molecular complexity index is 1440.